The van der Waals surface area contributed by atoms with Crippen molar-refractivity contribution < 1.29 is 4.79 Å². The van der Waals surface area contributed by atoms with Gasteiger partial charge in [-0.15, -0.1) is 11.8 Å². The summed E-state index contributed by atoms with van der Waals surface area (Å²) >= 11 is 1.52. The highest BCUT2D eigenvalue weighted by atomic mass is 32.2. The molecule has 0 fully saturated rings. The molecule has 0 aliphatic rings. The molecule has 140 valence electrons. The van der Waals surface area contributed by atoms with Crippen LogP contribution >= 0.6 is 11.8 Å². The van der Waals surface area contributed by atoms with E-state index in [0.717, 1.165) is 4.90 Å². The van der Waals surface area contributed by atoms with Crippen LogP contribution in [0.4, 0.5) is 0 Å². The summed E-state index contributed by atoms with van der Waals surface area (Å²) in [7, 11) is 0. The van der Waals surface area contributed by atoms with E-state index < -0.39 is 0 Å². The minimum atomic E-state index is -0.180. The van der Waals surface area contributed by atoms with Crippen molar-refractivity contribution in [3.8, 4) is 0 Å². The van der Waals surface area contributed by atoms with E-state index in [2.05, 4.69) is 9.97 Å². The molecular weight excluding hydrogens is 358 g/mol. The van der Waals surface area contributed by atoms with Gasteiger partial charge in [-0.25, -0.2) is 4.98 Å². The Bertz CT molecular complexity index is 996. The molecule has 6 heteroatoms. The van der Waals surface area contributed by atoms with Crippen LogP contribution in [0.1, 0.15) is 25.2 Å². The number of nitrogens with zero attached hydrogens (tertiary/aromatic N) is 2. The van der Waals surface area contributed by atoms with Crippen LogP contribution in [0.15, 0.2) is 58.2 Å². The van der Waals surface area contributed by atoms with Crippen LogP contribution in [0, 0.1) is 6.92 Å². The van der Waals surface area contributed by atoms with E-state index in [-0.39, 0.29) is 24.1 Å². The fourth-order valence-electron chi connectivity index (χ4n) is 2.79. The molecule has 0 aliphatic carbocycles. The molecule has 0 unspecified atom stereocenters. The molecule has 3 aromatic rings. The summed E-state index contributed by atoms with van der Waals surface area (Å²) in [5, 5.41) is 0.554. The molecule has 3 rings (SSSR count). The maximum absolute atomic E-state index is 12.8. The number of benzene rings is 2. The quantitative estimate of drug-likeness (QED) is 0.660. The number of rotatable bonds is 6. The average Bonchev–Trinajstić information content (AvgIpc) is 2.65. The first-order valence-electron chi connectivity index (χ1n) is 8.91. The minimum Gasteiger partial charge on any atom is -0.332 e. The van der Waals surface area contributed by atoms with Crippen LogP contribution in [0.25, 0.3) is 10.9 Å². The first-order chi connectivity index (χ1) is 12.9. The highest BCUT2D eigenvalue weighted by molar-refractivity contribution is 8.00. The molecule has 2 aromatic carbocycles. The van der Waals surface area contributed by atoms with E-state index in [1.54, 1.807) is 11.0 Å². The van der Waals surface area contributed by atoms with Gasteiger partial charge in [0.25, 0.3) is 5.56 Å². The normalized spacial score (nSPS) is 11.1. The van der Waals surface area contributed by atoms with Crippen molar-refractivity contribution in [2.24, 2.45) is 0 Å². The zero-order valence-corrected chi connectivity index (χ0v) is 16.5. The maximum Gasteiger partial charge on any atom is 0.258 e. The summed E-state index contributed by atoms with van der Waals surface area (Å²) in [4.78, 5) is 35.1. The second-order valence-corrected chi connectivity index (χ2v) is 7.80. The molecule has 1 aromatic heterocycles. The van der Waals surface area contributed by atoms with Gasteiger partial charge in [0.2, 0.25) is 5.91 Å². The summed E-state index contributed by atoms with van der Waals surface area (Å²) in [5.74, 6) is 0.867. The van der Waals surface area contributed by atoms with Gasteiger partial charge in [-0.2, -0.15) is 0 Å². The second-order valence-electron chi connectivity index (χ2n) is 6.75. The van der Waals surface area contributed by atoms with Crippen molar-refractivity contribution in [1.82, 2.24) is 14.9 Å². The standard InChI is InChI=1S/C21H23N3O2S/c1-14(2)24(20(25)13-27-16-10-8-15(3)9-11-16)12-19-22-18-7-5-4-6-17(18)21(26)23-19/h4-11,14H,12-13H2,1-3H3,(H,22,23,26). The van der Waals surface area contributed by atoms with Crippen LogP contribution in [0.5, 0.6) is 0 Å². The van der Waals surface area contributed by atoms with Crippen LogP contribution in [-0.4, -0.2) is 32.6 Å². The van der Waals surface area contributed by atoms with Crippen LogP contribution in [-0.2, 0) is 11.3 Å². The van der Waals surface area contributed by atoms with Gasteiger partial charge in [0.15, 0.2) is 0 Å². The fourth-order valence-corrected chi connectivity index (χ4v) is 3.58. The number of H-pyrrole nitrogens is 1. The summed E-state index contributed by atoms with van der Waals surface area (Å²) < 4.78 is 0. The molecule has 1 heterocycles. The van der Waals surface area contributed by atoms with E-state index in [1.807, 2.05) is 63.2 Å². The monoisotopic (exact) mass is 381 g/mol. The molecule has 27 heavy (non-hydrogen) atoms. The Balaban J connectivity index is 1.74. The van der Waals surface area contributed by atoms with Gasteiger partial charge in [0.05, 0.1) is 23.2 Å². The van der Waals surface area contributed by atoms with Crippen molar-refractivity contribution >= 4 is 28.6 Å². The lowest BCUT2D eigenvalue weighted by Gasteiger charge is -2.26. The molecule has 0 saturated heterocycles. The molecule has 1 N–H and O–H groups in total. The molecule has 0 saturated carbocycles. The largest absolute Gasteiger partial charge is 0.332 e. The lowest BCUT2D eigenvalue weighted by atomic mass is 10.2. The predicted octanol–water partition coefficient (Wildman–Crippen LogP) is 3.76. The number of fused-ring (bicyclic) bond motifs is 1. The molecule has 0 bridgehead atoms. The topological polar surface area (TPSA) is 66.1 Å². The van der Waals surface area contributed by atoms with Gasteiger partial charge >= 0.3 is 0 Å². The lowest BCUT2D eigenvalue weighted by Crippen LogP contribution is -2.38. The van der Waals surface area contributed by atoms with Gasteiger partial charge in [-0.1, -0.05) is 29.8 Å². The number of carbonyl (C=O) groups excluding carboxylic acids is 1. The van der Waals surface area contributed by atoms with E-state index in [9.17, 15) is 9.59 Å². The number of amides is 1. The number of carbonyl (C=O) groups is 1. The zero-order valence-electron chi connectivity index (χ0n) is 15.7. The summed E-state index contributed by atoms with van der Waals surface area (Å²) in [6.07, 6.45) is 0. The highest BCUT2D eigenvalue weighted by Gasteiger charge is 2.19. The Morgan fingerprint density at radius 2 is 1.85 bits per heavy atom. The van der Waals surface area contributed by atoms with Gasteiger partial charge in [-0.05, 0) is 45.0 Å². The predicted molar refractivity (Wildman–Crippen MR) is 110 cm³/mol. The number of para-hydroxylation sites is 1. The third kappa shape index (κ3) is 4.77. The first kappa shape index (κ1) is 19.2. The van der Waals surface area contributed by atoms with Crippen molar-refractivity contribution in [2.75, 3.05) is 5.75 Å². The van der Waals surface area contributed by atoms with Gasteiger partial charge < -0.3 is 9.88 Å². The summed E-state index contributed by atoms with van der Waals surface area (Å²) in [6, 6.07) is 15.3. The average molecular weight is 382 g/mol. The molecule has 0 radical (unpaired) electrons. The minimum absolute atomic E-state index is 0.00731. The SMILES string of the molecule is Cc1ccc(SCC(=O)N(Cc2nc3ccccc3c(=O)[nH]2)C(C)C)cc1. The maximum atomic E-state index is 12.8. The molecule has 0 atom stereocenters. The molecule has 1 amide bonds. The van der Waals surface area contributed by atoms with Crippen LogP contribution < -0.4 is 5.56 Å². The van der Waals surface area contributed by atoms with Crippen molar-refractivity contribution in [1.29, 1.82) is 0 Å². The Labute approximate surface area is 162 Å². The Morgan fingerprint density at radius 1 is 1.15 bits per heavy atom. The lowest BCUT2D eigenvalue weighted by molar-refractivity contribution is -0.130. The number of aryl methyl sites for hydroxylation is 1. The number of hydrogen-bond donors (Lipinski definition) is 1. The van der Waals surface area contributed by atoms with Crippen molar-refractivity contribution in [3.05, 3.63) is 70.3 Å². The van der Waals surface area contributed by atoms with Gasteiger partial charge in [0.1, 0.15) is 5.82 Å². The Kier molecular flexibility index (Phi) is 5.96. The van der Waals surface area contributed by atoms with E-state index in [0.29, 0.717) is 22.5 Å². The summed E-state index contributed by atoms with van der Waals surface area (Å²) in [6.45, 7) is 6.25. The number of aromatic amines is 1. The molecule has 0 spiro atoms. The van der Waals surface area contributed by atoms with E-state index in [1.165, 1.54) is 17.3 Å². The smallest absolute Gasteiger partial charge is 0.258 e. The Morgan fingerprint density at radius 3 is 2.56 bits per heavy atom. The van der Waals surface area contributed by atoms with Crippen LogP contribution in [0.2, 0.25) is 0 Å². The van der Waals surface area contributed by atoms with Gasteiger partial charge in [0, 0.05) is 10.9 Å². The third-order valence-electron chi connectivity index (χ3n) is 4.31. The van der Waals surface area contributed by atoms with Crippen molar-refractivity contribution in [2.45, 2.75) is 38.3 Å². The number of thioether (sulfide) groups is 1. The van der Waals surface area contributed by atoms with Crippen LogP contribution in [0.3, 0.4) is 0 Å². The number of nitrogens with one attached hydrogen (secondary N) is 1. The number of aromatic nitrogens is 2. The van der Waals surface area contributed by atoms with Crippen molar-refractivity contribution in [3.63, 3.8) is 0 Å². The fraction of sp³-hybridized carbons (Fsp3) is 0.286. The number of hydrogen-bond acceptors (Lipinski definition) is 4. The zero-order chi connectivity index (χ0) is 19.4. The molecular formula is C21H23N3O2S. The Hall–Kier alpha value is -2.60. The molecule has 0 aliphatic heterocycles. The highest BCUT2D eigenvalue weighted by Crippen LogP contribution is 2.20. The first-order valence-corrected chi connectivity index (χ1v) is 9.89. The van der Waals surface area contributed by atoms with E-state index in [4.69, 9.17) is 0 Å². The third-order valence-corrected chi connectivity index (χ3v) is 5.31. The van der Waals surface area contributed by atoms with Gasteiger partial charge in [-0.3, -0.25) is 9.59 Å². The van der Waals surface area contributed by atoms with E-state index >= 15 is 0 Å². The molecule has 5 nitrogen and oxygen atoms in total. The second kappa shape index (κ2) is 8.39. The summed E-state index contributed by atoms with van der Waals surface area (Å²) in [5.41, 5.74) is 1.66.